The predicted molar refractivity (Wildman–Crippen MR) is 106 cm³/mol. The Morgan fingerprint density at radius 3 is 2.12 bits per heavy atom. The molecule has 0 radical (unpaired) electrons. The quantitative estimate of drug-likeness (QED) is 0.611. The van der Waals surface area contributed by atoms with Gasteiger partial charge in [-0.25, -0.2) is 0 Å². The molecule has 0 aliphatic heterocycles. The minimum Gasteiger partial charge on any atom is -0.382 e. The van der Waals surface area contributed by atoms with E-state index in [9.17, 15) is 13.2 Å². The van der Waals surface area contributed by atoms with Crippen LogP contribution in [0.4, 0.5) is 5.69 Å². The van der Waals surface area contributed by atoms with Crippen LogP contribution in [0, 0.1) is 5.92 Å². The summed E-state index contributed by atoms with van der Waals surface area (Å²) in [6.07, 6.45) is 1.03. The van der Waals surface area contributed by atoms with Gasteiger partial charge in [-0.2, -0.15) is 8.42 Å². The van der Waals surface area contributed by atoms with Crippen LogP contribution in [0.2, 0.25) is 0 Å². The van der Waals surface area contributed by atoms with Crippen LogP contribution < -0.4 is 9.08 Å². The zero-order valence-electron chi connectivity index (χ0n) is 16.9. The third kappa shape index (κ3) is 6.20. The largest absolute Gasteiger partial charge is 0.382 e. The smallest absolute Gasteiger partial charge is 0.306 e. The molecule has 148 valence electrons. The minimum absolute atomic E-state index is 0.00144. The molecule has 26 heavy (non-hydrogen) atoms. The molecule has 0 aliphatic carbocycles. The molecule has 0 fully saturated rings. The van der Waals surface area contributed by atoms with Crippen molar-refractivity contribution >= 4 is 21.7 Å². The summed E-state index contributed by atoms with van der Waals surface area (Å²) in [5.74, 6) is 0.170. The Bertz CT molecular complexity index is 710. The first-order valence-corrected chi connectivity index (χ1v) is 10.9. The number of anilines is 1. The normalized spacial score (nSPS) is 11.7. The molecular weight excluding hydrogens is 352 g/mol. The Morgan fingerprint density at radius 1 is 1.12 bits per heavy atom. The number of hydrogen-bond donors (Lipinski definition) is 0. The standard InChI is InChI=1S/C19H32N2O4S/c1-8-20(9-2)17-11-10-16(18(12-17)25-26(7,23)24)13-21(15(5)6)19(22)14(3)4/h10-12,14-15H,8-9,13H2,1-7H3. The summed E-state index contributed by atoms with van der Waals surface area (Å²) < 4.78 is 28.7. The van der Waals surface area contributed by atoms with E-state index in [1.165, 1.54) is 0 Å². The van der Waals surface area contributed by atoms with Crippen molar-refractivity contribution in [3.8, 4) is 5.75 Å². The third-order valence-corrected chi connectivity index (χ3v) is 4.64. The summed E-state index contributed by atoms with van der Waals surface area (Å²) in [4.78, 5) is 16.4. The zero-order chi connectivity index (χ0) is 20.1. The Morgan fingerprint density at radius 2 is 1.69 bits per heavy atom. The van der Waals surface area contributed by atoms with Crippen LogP contribution >= 0.6 is 0 Å². The number of carbonyl (C=O) groups excluding carboxylic acids is 1. The van der Waals surface area contributed by atoms with Crippen molar-refractivity contribution in [2.75, 3.05) is 24.2 Å². The third-order valence-electron chi connectivity index (χ3n) is 4.16. The van der Waals surface area contributed by atoms with E-state index in [1.54, 1.807) is 11.0 Å². The highest BCUT2D eigenvalue weighted by Gasteiger charge is 2.23. The van der Waals surface area contributed by atoms with Crippen molar-refractivity contribution in [1.82, 2.24) is 4.90 Å². The van der Waals surface area contributed by atoms with E-state index < -0.39 is 10.1 Å². The average molecular weight is 385 g/mol. The lowest BCUT2D eigenvalue weighted by molar-refractivity contribution is -0.136. The summed E-state index contributed by atoms with van der Waals surface area (Å²) in [5.41, 5.74) is 1.57. The summed E-state index contributed by atoms with van der Waals surface area (Å²) in [5, 5.41) is 0. The monoisotopic (exact) mass is 384 g/mol. The number of rotatable bonds is 9. The van der Waals surface area contributed by atoms with E-state index in [1.807, 2.05) is 53.7 Å². The Balaban J connectivity index is 3.33. The maximum atomic E-state index is 12.5. The first-order valence-electron chi connectivity index (χ1n) is 9.07. The molecule has 0 saturated heterocycles. The number of nitrogens with zero attached hydrogens (tertiary/aromatic N) is 2. The van der Waals surface area contributed by atoms with Gasteiger partial charge in [0.2, 0.25) is 5.91 Å². The van der Waals surface area contributed by atoms with Gasteiger partial charge in [0.15, 0.2) is 0 Å². The van der Waals surface area contributed by atoms with Gasteiger partial charge in [-0.15, -0.1) is 0 Å². The van der Waals surface area contributed by atoms with Crippen LogP contribution in [0.1, 0.15) is 47.1 Å². The van der Waals surface area contributed by atoms with Gasteiger partial charge in [0.1, 0.15) is 5.75 Å². The molecule has 0 N–H and O–H groups in total. The van der Waals surface area contributed by atoms with Gasteiger partial charge in [0.05, 0.1) is 6.26 Å². The SMILES string of the molecule is CCN(CC)c1ccc(CN(C(=O)C(C)C)C(C)C)c(OS(C)(=O)=O)c1. The lowest BCUT2D eigenvalue weighted by Gasteiger charge is -2.30. The Labute approximate surface area is 158 Å². The first-order chi connectivity index (χ1) is 12.0. The molecule has 6 nitrogen and oxygen atoms in total. The molecule has 0 aliphatic rings. The molecule has 7 heteroatoms. The van der Waals surface area contributed by atoms with E-state index in [4.69, 9.17) is 4.18 Å². The molecule has 0 aromatic heterocycles. The predicted octanol–water partition coefficient (Wildman–Crippen LogP) is 3.26. The molecule has 1 aromatic rings. The number of benzene rings is 1. The van der Waals surface area contributed by atoms with Crippen LogP contribution in [0.15, 0.2) is 18.2 Å². The molecule has 0 unspecified atom stereocenters. The Hall–Kier alpha value is -1.76. The number of hydrogen-bond acceptors (Lipinski definition) is 5. The second-order valence-electron chi connectivity index (χ2n) is 6.97. The highest BCUT2D eigenvalue weighted by Crippen LogP contribution is 2.29. The zero-order valence-corrected chi connectivity index (χ0v) is 17.8. The minimum atomic E-state index is -3.67. The van der Waals surface area contributed by atoms with Gasteiger partial charge in [0, 0.05) is 48.9 Å². The highest BCUT2D eigenvalue weighted by molar-refractivity contribution is 7.86. The van der Waals surface area contributed by atoms with Crippen molar-refractivity contribution in [2.24, 2.45) is 5.92 Å². The summed E-state index contributed by atoms with van der Waals surface area (Å²) in [6.45, 7) is 13.6. The van der Waals surface area contributed by atoms with Crippen molar-refractivity contribution in [3.05, 3.63) is 23.8 Å². The topological polar surface area (TPSA) is 66.9 Å². The highest BCUT2D eigenvalue weighted by atomic mass is 32.2. The van der Waals surface area contributed by atoms with Crippen molar-refractivity contribution in [3.63, 3.8) is 0 Å². The molecule has 0 spiro atoms. The molecule has 0 bridgehead atoms. The fourth-order valence-corrected chi connectivity index (χ4v) is 3.21. The summed E-state index contributed by atoms with van der Waals surface area (Å²) in [6, 6.07) is 5.52. The van der Waals surface area contributed by atoms with E-state index in [-0.39, 0.29) is 23.6 Å². The van der Waals surface area contributed by atoms with Gasteiger partial charge in [-0.1, -0.05) is 19.9 Å². The number of carbonyl (C=O) groups is 1. The molecule has 0 atom stereocenters. The van der Waals surface area contributed by atoms with Crippen LogP contribution in [-0.4, -0.2) is 44.6 Å². The van der Waals surface area contributed by atoms with E-state index in [2.05, 4.69) is 4.90 Å². The summed E-state index contributed by atoms with van der Waals surface area (Å²) in [7, 11) is -3.67. The van der Waals surface area contributed by atoms with Crippen LogP contribution in [0.25, 0.3) is 0 Å². The molecule has 1 rings (SSSR count). The molecular formula is C19H32N2O4S. The fraction of sp³-hybridized carbons (Fsp3) is 0.632. The second-order valence-corrected chi connectivity index (χ2v) is 8.54. The van der Waals surface area contributed by atoms with Gasteiger partial charge in [-0.05, 0) is 33.8 Å². The maximum Gasteiger partial charge on any atom is 0.306 e. The molecule has 0 saturated carbocycles. The first kappa shape index (κ1) is 22.3. The Kier molecular flexibility index (Phi) is 7.93. The maximum absolute atomic E-state index is 12.5. The van der Waals surface area contributed by atoms with Crippen molar-refractivity contribution < 1.29 is 17.4 Å². The van der Waals surface area contributed by atoms with Crippen LogP contribution in [0.5, 0.6) is 5.75 Å². The van der Waals surface area contributed by atoms with Gasteiger partial charge in [-0.3, -0.25) is 4.79 Å². The van der Waals surface area contributed by atoms with E-state index in [0.717, 1.165) is 25.0 Å². The fourth-order valence-electron chi connectivity index (χ4n) is 2.73. The van der Waals surface area contributed by atoms with Gasteiger partial charge < -0.3 is 14.0 Å². The van der Waals surface area contributed by atoms with Gasteiger partial charge >= 0.3 is 10.1 Å². The van der Waals surface area contributed by atoms with Gasteiger partial charge in [0.25, 0.3) is 0 Å². The number of amides is 1. The van der Waals surface area contributed by atoms with Crippen LogP contribution in [-0.2, 0) is 21.5 Å². The molecule has 0 heterocycles. The van der Waals surface area contributed by atoms with Crippen molar-refractivity contribution in [2.45, 2.75) is 54.1 Å². The molecule has 1 amide bonds. The van der Waals surface area contributed by atoms with E-state index >= 15 is 0 Å². The van der Waals surface area contributed by atoms with Crippen LogP contribution in [0.3, 0.4) is 0 Å². The lowest BCUT2D eigenvalue weighted by Crippen LogP contribution is -2.39. The van der Waals surface area contributed by atoms with E-state index in [0.29, 0.717) is 12.1 Å². The summed E-state index contributed by atoms with van der Waals surface area (Å²) >= 11 is 0. The van der Waals surface area contributed by atoms with Crippen molar-refractivity contribution in [1.29, 1.82) is 0 Å². The average Bonchev–Trinajstić information content (AvgIpc) is 2.52. The lowest BCUT2D eigenvalue weighted by atomic mass is 10.1. The molecule has 1 aromatic carbocycles. The second kappa shape index (κ2) is 9.26.